The average molecular weight is 334 g/mol. The van der Waals surface area contributed by atoms with Crippen LogP contribution in [-0.4, -0.2) is 38.7 Å². The highest BCUT2D eigenvalue weighted by atomic mass is 19.2. The van der Waals surface area contributed by atoms with Crippen molar-refractivity contribution in [2.45, 2.75) is 38.6 Å². The number of aryl methyl sites for hydroxylation is 1. The molecule has 1 atom stereocenters. The summed E-state index contributed by atoms with van der Waals surface area (Å²) < 4.78 is 28.5. The highest BCUT2D eigenvalue weighted by Gasteiger charge is 2.28. The molecule has 2 aromatic rings. The van der Waals surface area contributed by atoms with Gasteiger partial charge in [-0.25, -0.2) is 8.78 Å². The molecule has 0 radical (unpaired) electrons. The number of hydrogen-bond donors (Lipinski definition) is 0. The van der Waals surface area contributed by atoms with E-state index in [1.54, 1.807) is 11.2 Å². The third-order valence-corrected chi connectivity index (χ3v) is 4.35. The Kier molecular flexibility index (Phi) is 4.87. The summed E-state index contributed by atoms with van der Waals surface area (Å²) in [6.45, 7) is 4.05. The summed E-state index contributed by atoms with van der Waals surface area (Å²) in [5, 5.41) is 8.20. The predicted molar refractivity (Wildman–Crippen MR) is 84.5 cm³/mol. The number of halogens is 2. The number of likely N-dealkylation sites (tertiary alicyclic amines) is 1. The summed E-state index contributed by atoms with van der Waals surface area (Å²) in [4.78, 5) is 14.3. The van der Waals surface area contributed by atoms with Crippen molar-refractivity contribution in [1.82, 2.24) is 19.7 Å². The highest BCUT2D eigenvalue weighted by molar-refractivity contribution is 5.94. The second-order valence-electron chi connectivity index (χ2n) is 6.10. The van der Waals surface area contributed by atoms with Crippen molar-refractivity contribution in [2.24, 2.45) is 0 Å². The average Bonchev–Trinajstić information content (AvgIpc) is 3.05. The van der Waals surface area contributed by atoms with E-state index in [0.29, 0.717) is 13.1 Å². The highest BCUT2D eigenvalue weighted by Crippen LogP contribution is 2.26. The number of carbonyl (C=O) groups is 1. The maximum Gasteiger partial charge on any atom is 0.253 e. The van der Waals surface area contributed by atoms with E-state index in [0.717, 1.165) is 43.8 Å². The first-order valence-electron chi connectivity index (χ1n) is 8.22. The number of benzene rings is 1. The fourth-order valence-corrected chi connectivity index (χ4v) is 3.18. The Morgan fingerprint density at radius 3 is 2.92 bits per heavy atom. The molecule has 1 aliphatic rings. The number of nitrogens with zero attached hydrogens (tertiary/aromatic N) is 4. The molecular weight excluding hydrogens is 314 g/mol. The molecule has 24 heavy (non-hydrogen) atoms. The fourth-order valence-electron chi connectivity index (χ4n) is 3.18. The van der Waals surface area contributed by atoms with Crippen molar-refractivity contribution in [3.05, 3.63) is 47.5 Å². The van der Waals surface area contributed by atoms with E-state index >= 15 is 0 Å². The van der Waals surface area contributed by atoms with Gasteiger partial charge >= 0.3 is 0 Å². The van der Waals surface area contributed by atoms with Crippen LogP contribution in [0.5, 0.6) is 0 Å². The van der Waals surface area contributed by atoms with Gasteiger partial charge in [0.15, 0.2) is 11.6 Å². The van der Waals surface area contributed by atoms with Crippen molar-refractivity contribution in [3.8, 4) is 0 Å². The summed E-state index contributed by atoms with van der Waals surface area (Å²) in [6, 6.07) is 3.27. The molecule has 0 saturated carbocycles. The molecule has 1 saturated heterocycles. The molecule has 0 spiro atoms. The van der Waals surface area contributed by atoms with Gasteiger partial charge in [0, 0.05) is 31.1 Å². The Bertz CT molecular complexity index is 731. The lowest BCUT2D eigenvalue weighted by molar-refractivity contribution is 0.0702. The van der Waals surface area contributed by atoms with Crippen LogP contribution in [0.15, 0.2) is 24.5 Å². The van der Waals surface area contributed by atoms with Crippen LogP contribution < -0.4 is 0 Å². The van der Waals surface area contributed by atoms with Crippen molar-refractivity contribution in [3.63, 3.8) is 0 Å². The molecule has 2 heterocycles. The van der Waals surface area contributed by atoms with Crippen LogP contribution in [0.2, 0.25) is 0 Å². The van der Waals surface area contributed by atoms with Crippen molar-refractivity contribution in [1.29, 1.82) is 0 Å². The number of aromatic nitrogens is 3. The summed E-state index contributed by atoms with van der Waals surface area (Å²) in [5.74, 6) is -1.23. The molecule has 7 heteroatoms. The Morgan fingerprint density at radius 1 is 1.33 bits per heavy atom. The topological polar surface area (TPSA) is 51.0 Å². The number of amides is 1. The van der Waals surface area contributed by atoms with Gasteiger partial charge in [0.2, 0.25) is 0 Å². The second-order valence-corrected chi connectivity index (χ2v) is 6.10. The van der Waals surface area contributed by atoms with Gasteiger partial charge in [0.1, 0.15) is 12.2 Å². The first-order valence-corrected chi connectivity index (χ1v) is 8.22. The Balaban J connectivity index is 1.76. The van der Waals surface area contributed by atoms with Crippen LogP contribution >= 0.6 is 0 Å². The minimum atomic E-state index is -1.00. The van der Waals surface area contributed by atoms with E-state index in [1.807, 2.05) is 4.57 Å². The molecule has 1 amide bonds. The number of piperidine rings is 1. The summed E-state index contributed by atoms with van der Waals surface area (Å²) in [6.07, 6.45) is 4.48. The van der Waals surface area contributed by atoms with Gasteiger partial charge in [-0.15, -0.1) is 10.2 Å². The minimum absolute atomic E-state index is 0.113. The van der Waals surface area contributed by atoms with Crippen molar-refractivity contribution < 1.29 is 13.6 Å². The molecule has 128 valence electrons. The first-order chi connectivity index (χ1) is 11.6. The minimum Gasteiger partial charge on any atom is -0.338 e. The standard InChI is InChI=1S/C17H20F2N4O/c1-2-7-23-11-20-21-16(23)13-4-3-8-22(10-13)17(24)12-5-6-14(18)15(19)9-12/h5-6,9,11,13H,2-4,7-8,10H2,1H3/t13-/m0/s1. The normalized spacial score (nSPS) is 18.0. The Morgan fingerprint density at radius 2 is 2.17 bits per heavy atom. The van der Waals surface area contributed by atoms with E-state index in [1.165, 1.54) is 6.07 Å². The molecule has 1 aromatic heterocycles. The molecule has 5 nitrogen and oxygen atoms in total. The lowest BCUT2D eigenvalue weighted by atomic mass is 9.96. The number of carbonyl (C=O) groups excluding carboxylic acids is 1. The SMILES string of the molecule is CCCn1cnnc1[C@H]1CCCN(C(=O)c2ccc(F)c(F)c2)C1. The quantitative estimate of drug-likeness (QED) is 0.864. The van der Waals surface area contributed by atoms with E-state index < -0.39 is 11.6 Å². The fraction of sp³-hybridized carbons (Fsp3) is 0.471. The third-order valence-electron chi connectivity index (χ3n) is 4.35. The second kappa shape index (κ2) is 7.07. The van der Waals surface area contributed by atoms with E-state index in [9.17, 15) is 13.6 Å². The van der Waals surface area contributed by atoms with Crippen molar-refractivity contribution in [2.75, 3.05) is 13.1 Å². The molecule has 0 aliphatic carbocycles. The molecular formula is C17H20F2N4O. The van der Waals surface area contributed by atoms with Gasteiger partial charge in [-0.05, 0) is 37.5 Å². The van der Waals surface area contributed by atoms with Gasteiger partial charge in [0.05, 0.1) is 0 Å². The maximum absolute atomic E-state index is 13.4. The third kappa shape index (κ3) is 3.29. The molecule has 3 rings (SSSR count). The largest absolute Gasteiger partial charge is 0.338 e. The smallest absolute Gasteiger partial charge is 0.253 e. The zero-order valence-corrected chi connectivity index (χ0v) is 13.6. The van der Waals surface area contributed by atoms with Crippen LogP contribution in [0.4, 0.5) is 8.78 Å². The van der Waals surface area contributed by atoms with E-state index in [4.69, 9.17) is 0 Å². The monoisotopic (exact) mass is 334 g/mol. The van der Waals surface area contributed by atoms with Crippen LogP contribution in [0, 0.1) is 11.6 Å². The summed E-state index contributed by atoms with van der Waals surface area (Å²) in [5.41, 5.74) is 0.171. The first kappa shape index (κ1) is 16.5. The molecule has 1 fully saturated rings. The molecule has 0 bridgehead atoms. The predicted octanol–water partition coefficient (Wildman–Crippen LogP) is 2.99. The summed E-state index contributed by atoms with van der Waals surface area (Å²) >= 11 is 0. The van der Waals surface area contributed by atoms with Crippen LogP contribution in [-0.2, 0) is 6.54 Å². The van der Waals surface area contributed by atoms with E-state index in [2.05, 4.69) is 17.1 Å². The zero-order chi connectivity index (χ0) is 17.1. The maximum atomic E-state index is 13.4. The Labute approximate surface area is 139 Å². The Hall–Kier alpha value is -2.31. The van der Waals surface area contributed by atoms with Crippen molar-refractivity contribution >= 4 is 5.91 Å². The van der Waals surface area contributed by atoms with Gasteiger partial charge in [0.25, 0.3) is 5.91 Å². The van der Waals surface area contributed by atoms with Gasteiger partial charge < -0.3 is 9.47 Å². The molecule has 0 unspecified atom stereocenters. The van der Waals surface area contributed by atoms with Crippen LogP contribution in [0.25, 0.3) is 0 Å². The lowest BCUT2D eigenvalue weighted by Gasteiger charge is -2.32. The number of rotatable bonds is 4. The zero-order valence-electron chi connectivity index (χ0n) is 13.6. The van der Waals surface area contributed by atoms with E-state index in [-0.39, 0.29) is 17.4 Å². The lowest BCUT2D eigenvalue weighted by Crippen LogP contribution is -2.39. The van der Waals surface area contributed by atoms with Gasteiger partial charge in [-0.1, -0.05) is 6.92 Å². The van der Waals surface area contributed by atoms with Gasteiger partial charge in [-0.3, -0.25) is 4.79 Å². The molecule has 1 aliphatic heterocycles. The van der Waals surface area contributed by atoms with Crippen LogP contribution in [0.3, 0.4) is 0 Å². The molecule has 0 N–H and O–H groups in total. The van der Waals surface area contributed by atoms with Crippen LogP contribution in [0.1, 0.15) is 48.3 Å². The summed E-state index contributed by atoms with van der Waals surface area (Å²) in [7, 11) is 0. The number of hydrogen-bond acceptors (Lipinski definition) is 3. The molecule has 1 aromatic carbocycles. The van der Waals surface area contributed by atoms with Gasteiger partial charge in [-0.2, -0.15) is 0 Å².